The third kappa shape index (κ3) is 3.60. The Morgan fingerprint density at radius 1 is 1.15 bits per heavy atom. The van der Waals surface area contributed by atoms with Crippen molar-refractivity contribution in [3.05, 3.63) is 57.0 Å². The zero-order valence-electron chi connectivity index (χ0n) is 10.8. The molecule has 2 aromatic rings. The predicted octanol–water partition coefficient (Wildman–Crippen LogP) is 5.43. The Balaban J connectivity index is 2.23. The standard InChI is InChI=1S/C15H13BrCl2O2/c1-19-14-6-5-12(18)7-11(14)9-20-15-10(8-17)3-2-4-13(15)16/h2-7H,8-9H2,1H3. The maximum Gasteiger partial charge on any atom is 0.138 e. The molecule has 2 nitrogen and oxygen atoms in total. The van der Waals surface area contributed by atoms with Gasteiger partial charge in [-0.25, -0.2) is 0 Å². The topological polar surface area (TPSA) is 18.5 Å². The molecule has 2 aromatic carbocycles. The fraction of sp³-hybridized carbons (Fsp3) is 0.200. The SMILES string of the molecule is COc1ccc(Cl)cc1COc1c(Br)cccc1CCl. The summed E-state index contributed by atoms with van der Waals surface area (Å²) in [6.07, 6.45) is 0. The average Bonchev–Trinajstić information content (AvgIpc) is 2.46. The van der Waals surface area contributed by atoms with Crippen LogP contribution in [0.15, 0.2) is 40.9 Å². The lowest BCUT2D eigenvalue weighted by Gasteiger charge is -2.14. The molecule has 0 N–H and O–H groups in total. The van der Waals surface area contributed by atoms with Crippen LogP contribution in [0.2, 0.25) is 5.02 Å². The molecule has 0 amide bonds. The van der Waals surface area contributed by atoms with Crippen molar-refractivity contribution in [2.75, 3.05) is 7.11 Å². The van der Waals surface area contributed by atoms with Crippen LogP contribution in [0.4, 0.5) is 0 Å². The first-order chi connectivity index (χ1) is 9.65. The molecular weight excluding hydrogens is 363 g/mol. The molecule has 2 rings (SSSR count). The quantitative estimate of drug-likeness (QED) is 0.648. The summed E-state index contributed by atoms with van der Waals surface area (Å²) in [6.45, 7) is 0.357. The van der Waals surface area contributed by atoms with Crippen molar-refractivity contribution in [3.63, 3.8) is 0 Å². The molecule has 0 heterocycles. The number of hydrogen-bond acceptors (Lipinski definition) is 2. The largest absolute Gasteiger partial charge is 0.496 e. The Kier molecular flexibility index (Phi) is 5.58. The van der Waals surface area contributed by atoms with E-state index in [9.17, 15) is 0 Å². The van der Waals surface area contributed by atoms with Crippen LogP contribution in [-0.2, 0) is 12.5 Å². The van der Waals surface area contributed by atoms with E-state index in [1.165, 1.54) is 0 Å². The molecular formula is C15H13BrCl2O2. The second kappa shape index (κ2) is 7.21. The fourth-order valence-electron chi connectivity index (χ4n) is 1.83. The first-order valence-corrected chi connectivity index (χ1v) is 7.65. The van der Waals surface area contributed by atoms with Gasteiger partial charge >= 0.3 is 0 Å². The first kappa shape index (κ1) is 15.5. The summed E-state index contributed by atoms with van der Waals surface area (Å²) in [5.41, 5.74) is 1.82. The lowest BCUT2D eigenvalue weighted by molar-refractivity contribution is 0.293. The number of ether oxygens (including phenoxy) is 2. The molecule has 0 unspecified atom stereocenters. The van der Waals surface area contributed by atoms with Gasteiger partial charge in [0.2, 0.25) is 0 Å². The minimum atomic E-state index is 0.357. The van der Waals surface area contributed by atoms with Gasteiger partial charge in [-0.05, 0) is 40.2 Å². The smallest absolute Gasteiger partial charge is 0.138 e. The summed E-state index contributed by atoms with van der Waals surface area (Å²) in [6, 6.07) is 11.2. The van der Waals surface area contributed by atoms with Gasteiger partial charge in [-0.15, -0.1) is 11.6 Å². The highest BCUT2D eigenvalue weighted by atomic mass is 79.9. The lowest BCUT2D eigenvalue weighted by Crippen LogP contribution is -2.01. The minimum Gasteiger partial charge on any atom is -0.496 e. The minimum absolute atomic E-state index is 0.357. The van der Waals surface area contributed by atoms with Crippen molar-refractivity contribution in [1.82, 2.24) is 0 Å². The number of alkyl halides is 1. The van der Waals surface area contributed by atoms with E-state index in [4.69, 9.17) is 32.7 Å². The molecule has 0 bridgehead atoms. The van der Waals surface area contributed by atoms with E-state index in [-0.39, 0.29) is 0 Å². The van der Waals surface area contributed by atoms with Gasteiger partial charge in [0.05, 0.1) is 17.5 Å². The van der Waals surface area contributed by atoms with Crippen LogP contribution in [0.25, 0.3) is 0 Å². The number of rotatable bonds is 5. The zero-order valence-corrected chi connectivity index (χ0v) is 13.9. The number of hydrogen-bond donors (Lipinski definition) is 0. The fourth-order valence-corrected chi connectivity index (χ4v) is 2.76. The second-order valence-electron chi connectivity index (χ2n) is 4.11. The van der Waals surface area contributed by atoms with Crippen LogP contribution in [0.3, 0.4) is 0 Å². The zero-order chi connectivity index (χ0) is 14.5. The molecule has 0 saturated carbocycles. The van der Waals surface area contributed by atoms with Gasteiger partial charge in [0.25, 0.3) is 0 Å². The second-order valence-corrected chi connectivity index (χ2v) is 5.66. The van der Waals surface area contributed by atoms with Crippen LogP contribution < -0.4 is 9.47 Å². The number of methoxy groups -OCH3 is 1. The van der Waals surface area contributed by atoms with Crippen LogP contribution in [0, 0.1) is 0 Å². The summed E-state index contributed by atoms with van der Waals surface area (Å²) in [7, 11) is 1.62. The van der Waals surface area contributed by atoms with E-state index in [1.807, 2.05) is 30.3 Å². The maximum absolute atomic E-state index is 6.00. The van der Waals surface area contributed by atoms with Gasteiger partial charge in [0, 0.05) is 16.1 Å². The number of para-hydroxylation sites is 1. The Morgan fingerprint density at radius 3 is 2.65 bits per heavy atom. The molecule has 5 heteroatoms. The molecule has 0 spiro atoms. The lowest BCUT2D eigenvalue weighted by atomic mass is 10.2. The highest BCUT2D eigenvalue weighted by molar-refractivity contribution is 9.10. The molecule has 0 aromatic heterocycles. The molecule has 20 heavy (non-hydrogen) atoms. The molecule has 0 atom stereocenters. The molecule has 0 radical (unpaired) electrons. The van der Waals surface area contributed by atoms with Crippen LogP contribution >= 0.6 is 39.1 Å². The highest BCUT2D eigenvalue weighted by Gasteiger charge is 2.10. The molecule has 106 valence electrons. The van der Waals surface area contributed by atoms with E-state index >= 15 is 0 Å². The molecule has 0 saturated heterocycles. The Morgan fingerprint density at radius 2 is 1.95 bits per heavy atom. The van der Waals surface area contributed by atoms with Gasteiger partial charge in [0.1, 0.15) is 18.1 Å². The summed E-state index contributed by atoms with van der Waals surface area (Å²) in [4.78, 5) is 0. The number of halogens is 3. The van der Waals surface area contributed by atoms with Crippen molar-refractivity contribution in [2.45, 2.75) is 12.5 Å². The third-order valence-corrected chi connectivity index (χ3v) is 3.95. The molecule has 0 aliphatic carbocycles. The van der Waals surface area contributed by atoms with Gasteiger partial charge < -0.3 is 9.47 Å². The summed E-state index contributed by atoms with van der Waals surface area (Å²) < 4.78 is 12.0. The van der Waals surface area contributed by atoms with E-state index in [0.29, 0.717) is 17.5 Å². The molecule has 0 aliphatic heterocycles. The Labute approximate surface area is 136 Å². The van der Waals surface area contributed by atoms with Crippen LogP contribution in [0.5, 0.6) is 11.5 Å². The summed E-state index contributed by atoms with van der Waals surface area (Å²) >= 11 is 15.4. The van der Waals surface area contributed by atoms with Crippen LogP contribution in [0.1, 0.15) is 11.1 Å². The van der Waals surface area contributed by atoms with Crippen LogP contribution in [-0.4, -0.2) is 7.11 Å². The Bertz CT molecular complexity index is 602. The van der Waals surface area contributed by atoms with Crippen molar-refractivity contribution in [3.8, 4) is 11.5 Å². The number of benzene rings is 2. The van der Waals surface area contributed by atoms with Gasteiger partial charge in [-0.1, -0.05) is 23.7 Å². The molecule has 0 fully saturated rings. The average molecular weight is 376 g/mol. The third-order valence-electron chi connectivity index (χ3n) is 2.81. The van der Waals surface area contributed by atoms with Crippen molar-refractivity contribution in [1.29, 1.82) is 0 Å². The van der Waals surface area contributed by atoms with Gasteiger partial charge in [-0.2, -0.15) is 0 Å². The van der Waals surface area contributed by atoms with Gasteiger partial charge in [0.15, 0.2) is 0 Å². The van der Waals surface area contributed by atoms with Gasteiger partial charge in [-0.3, -0.25) is 0 Å². The summed E-state index contributed by atoms with van der Waals surface area (Å²) in [5.74, 6) is 1.87. The Hall–Kier alpha value is -0.900. The van der Waals surface area contributed by atoms with E-state index in [2.05, 4.69) is 15.9 Å². The van der Waals surface area contributed by atoms with E-state index in [1.54, 1.807) is 13.2 Å². The van der Waals surface area contributed by atoms with E-state index in [0.717, 1.165) is 27.1 Å². The monoisotopic (exact) mass is 374 g/mol. The van der Waals surface area contributed by atoms with Crippen molar-refractivity contribution in [2.24, 2.45) is 0 Å². The first-order valence-electron chi connectivity index (χ1n) is 5.94. The molecule has 0 aliphatic rings. The highest BCUT2D eigenvalue weighted by Crippen LogP contribution is 2.32. The normalized spacial score (nSPS) is 10.4. The predicted molar refractivity (Wildman–Crippen MR) is 86.0 cm³/mol. The van der Waals surface area contributed by atoms with Crippen molar-refractivity contribution < 1.29 is 9.47 Å². The summed E-state index contributed by atoms with van der Waals surface area (Å²) in [5, 5.41) is 0.647. The maximum atomic E-state index is 6.00. The van der Waals surface area contributed by atoms with Crippen molar-refractivity contribution >= 4 is 39.1 Å². The van der Waals surface area contributed by atoms with E-state index < -0.39 is 0 Å².